The van der Waals surface area contributed by atoms with Crippen LogP contribution in [0.1, 0.15) is 10.6 Å². The number of amides is 2. The molecule has 0 saturated carbocycles. The van der Waals surface area contributed by atoms with E-state index >= 15 is 0 Å². The van der Waals surface area contributed by atoms with Gasteiger partial charge in [0.05, 0.1) is 5.52 Å². The van der Waals surface area contributed by atoms with Crippen molar-refractivity contribution < 1.29 is 14.0 Å². The number of benzene rings is 2. The number of halogens is 1. The number of nitrogens with one attached hydrogen (secondary N) is 1. The first-order chi connectivity index (χ1) is 11.9. The third kappa shape index (κ3) is 3.50. The Morgan fingerprint density at radius 2 is 1.88 bits per heavy atom. The molecule has 2 aromatic carbocycles. The lowest BCUT2D eigenvalue weighted by atomic mass is 10.0. The van der Waals surface area contributed by atoms with Gasteiger partial charge in [-0.25, -0.2) is 14.4 Å². The van der Waals surface area contributed by atoms with E-state index in [-0.39, 0.29) is 5.82 Å². The number of fused-ring (bicyclic) bond motifs is 1. The highest BCUT2D eigenvalue weighted by molar-refractivity contribution is 6.02. The fourth-order valence-corrected chi connectivity index (χ4v) is 2.30. The van der Waals surface area contributed by atoms with Crippen LogP contribution in [0, 0.1) is 0 Å². The number of aromatic nitrogens is 2. The summed E-state index contributed by atoms with van der Waals surface area (Å²) in [4.78, 5) is 30.6. The van der Waals surface area contributed by atoms with E-state index in [4.69, 9.17) is 5.73 Å². The third-order valence-electron chi connectivity index (χ3n) is 3.50. The number of hydrogen-bond acceptors (Lipinski definition) is 4. The third-order valence-corrected chi connectivity index (χ3v) is 3.50. The summed E-state index contributed by atoms with van der Waals surface area (Å²) in [6.45, 7) is 2.96. The molecule has 0 radical (unpaired) electrons. The van der Waals surface area contributed by atoms with Gasteiger partial charge in [0.15, 0.2) is 5.83 Å². The van der Waals surface area contributed by atoms with Gasteiger partial charge < -0.3 is 11.1 Å². The van der Waals surface area contributed by atoms with Crippen LogP contribution in [0.3, 0.4) is 0 Å². The zero-order valence-corrected chi connectivity index (χ0v) is 13.0. The van der Waals surface area contributed by atoms with E-state index in [2.05, 4.69) is 21.9 Å². The van der Waals surface area contributed by atoms with Crippen LogP contribution in [0.15, 0.2) is 61.1 Å². The molecule has 0 bridgehead atoms. The van der Waals surface area contributed by atoms with Gasteiger partial charge in [-0.1, -0.05) is 30.8 Å². The summed E-state index contributed by atoms with van der Waals surface area (Å²) in [6, 6.07) is 12.3. The van der Waals surface area contributed by atoms with Crippen LogP contribution in [0.5, 0.6) is 0 Å². The van der Waals surface area contributed by atoms with Crippen molar-refractivity contribution in [1.29, 1.82) is 0 Å². The highest BCUT2D eigenvalue weighted by Crippen LogP contribution is 2.25. The van der Waals surface area contributed by atoms with Gasteiger partial charge in [0.2, 0.25) is 5.82 Å². The van der Waals surface area contributed by atoms with E-state index in [1.54, 1.807) is 24.3 Å². The molecular weight excluding hydrogens is 323 g/mol. The summed E-state index contributed by atoms with van der Waals surface area (Å²) in [5, 5.41) is 3.17. The van der Waals surface area contributed by atoms with Gasteiger partial charge in [-0.05, 0) is 29.3 Å². The van der Waals surface area contributed by atoms with Crippen molar-refractivity contribution in [2.24, 2.45) is 5.73 Å². The summed E-state index contributed by atoms with van der Waals surface area (Å²) < 4.78 is 12.8. The van der Waals surface area contributed by atoms with Crippen LogP contribution in [0.2, 0.25) is 0 Å². The van der Waals surface area contributed by atoms with Crippen LogP contribution in [-0.4, -0.2) is 21.8 Å². The fourth-order valence-electron chi connectivity index (χ4n) is 2.30. The van der Waals surface area contributed by atoms with Crippen molar-refractivity contribution in [3.63, 3.8) is 0 Å². The molecule has 0 spiro atoms. The minimum atomic E-state index is -1.06. The van der Waals surface area contributed by atoms with Crippen molar-refractivity contribution >= 4 is 28.4 Å². The predicted molar refractivity (Wildman–Crippen MR) is 92.4 cm³/mol. The summed E-state index contributed by atoms with van der Waals surface area (Å²) in [7, 11) is 0. The van der Waals surface area contributed by atoms with E-state index in [0.717, 1.165) is 16.5 Å². The molecule has 1 aromatic heterocycles. The van der Waals surface area contributed by atoms with Gasteiger partial charge in [-0.2, -0.15) is 0 Å². The number of rotatable bonds is 4. The molecule has 3 aromatic rings. The van der Waals surface area contributed by atoms with Crippen LogP contribution in [-0.2, 0) is 4.79 Å². The van der Waals surface area contributed by atoms with E-state index < -0.39 is 17.6 Å². The molecule has 0 aliphatic rings. The Morgan fingerprint density at radius 3 is 2.60 bits per heavy atom. The molecule has 25 heavy (non-hydrogen) atoms. The Balaban J connectivity index is 1.99. The molecule has 0 saturated heterocycles. The topological polar surface area (TPSA) is 98.0 Å². The smallest absolute Gasteiger partial charge is 0.286 e. The zero-order chi connectivity index (χ0) is 18.0. The van der Waals surface area contributed by atoms with Crippen molar-refractivity contribution in [2.45, 2.75) is 0 Å². The first-order valence-electron chi connectivity index (χ1n) is 7.27. The Bertz CT molecular complexity index is 1020. The molecule has 0 unspecified atom stereocenters. The van der Waals surface area contributed by atoms with E-state index in [9.17, 15) is 14.0 Å². The molecule has 0 aliphatic heterocycles. The van der Waals surface area contributed by atoms with Crippen LogP contribution in [0.4, 0.5) is 10.1 Å². The van der Waals surface area contributed by atoms with Gasteiger partial charge >= 0.3 is 0 Å². The first kappa shape index (κ1) is 16.3. The van der Waals surface area contributed by atoms with Crippen molar-refractivity contribution in [3.8, 4) is 11.1 Å². The Labute approximate surface area is 142 Å². The Hall–Kier alpha value is -3.61. The van der Waals surface area contributed by atoms with Crippen LogP contribution < -0.4 is 11.1 Å². The van der Waals surface area contributed by atoms with E-state index in [1.165, 1.54) is 6.20 Å². The molecule has 3 rings (SSSR count). The number of nitrogens with two attached hydrogens (primary N) is 1. The minimum absolute atomic E-state index is 0.0628. The quantitative estimate of drug-likeness (QED) is 0.716. The van der Waals surface area contributed by atoms with Gasteiger partial charge in [0.25, 0.3) is 11.8 Å². The van der Waals surface area contributed by atoms with Crippen LogP contribution >= 0.6 is 0 Å². The summed E-state index contributed by atoms with van der Waals surface area (Å²) in [5.74, 6) is -2.73. The van der Waals surface area contributed by atoms with Crippen molar-refractivity contribution in [3.05, 3.63) is 66.9 Å². The normalized spacial score (nSPS) is 10.4. The molecular formula is C18H13FN4O2. The molecule has 0 fully saturated rings. The summed E-state index contributed by atoms with van der Waals surface area (Å²) >= 11 is 0. The molecule has 2 amide bonds. The monoisotopic (exact) mass is 336 g/mol. The highest BCUT2D eigenvalue weighted by Gasteiger charge is 2.09. The van der Waals surface area contributed by atoms with Gasteiger partial charge in [-0.3, -0.25) is 9.59 Å². The maximum absolute atomic E-state index is 12.8. The molecule has 7 heteroatoms. The number of nitrogens with zero attached hydrogens (tertiary/aromatic N) is 2. The molecule has 3 N–H and O–H groups in total. The maximum atomic E-state index is 12.8. The number of anilines is 1. The Kier molecular flexibility index (Phi) is 4.21. The second-order valence-electron chi connectivity index (χ2n) is 5.27. The van der Waals surface area contributed by atoms with Crippen LogP contribution in [0.25, 0.3) is 22.0 Å². The highest BCUT2D eigenvalue weighted by atomic mass is 19.1. The number of hydrogen-bond donors (Lipinski definition) is 2. The summed E-state index contributed by atoms with van der Waals surface area (Å²) in [5.41, 5.74) is 7.78. The average molecular weight is 336 g/mol. The largest absolute Gasteiger partial charge is 0.363 e. The maximum Gasteiger partial charge on any atom is 0.286 e. The second kappa shape index (κ2) is 6.48. The van der Waals surface area contributed by atoms with E-state index in [0.29, 0.717) is 11.2 Å². The van der Waals surface area contributed by atoms with Crippen molar-refractivity contribution in [2.75, 3.05) is 5.32 Å². The van der Waals surface area contributed by atoms with E-state index in [1.807, 2.05) is 18.2 Å². The molecule has 1 heterocycles. The first-order valence-corrected chi connectivity index (χ1v) is 7.27. The zero-order valence-electron chi connectivity index (χ0n) is 13.0. The second-order valence-corrected chi connectivity index (χ2v) is 5.27. The fraction of sp³-hybridized carbons (Fsp3) is 0. The lowest BCUT2D eigenvalue weighted by molar-refractivity contribution is -0.114. The van der Waals surface area contributed by atoms with Gasteiger partial charge in [-0.15, -0.1) is 0 Å². The van der Waals surface area contributed by atoms with Gasteiger partial charge in [0.1, 0.15) is 0 Å². The predicted octanol–water partition coefficient (Wildman–Crippen LogP) is 2.82. The Morgan fingerprint density at radius 1 is 1.12 bits per heavy atom. The molecule has 6 nitrogen and oxygen atoms in total. The lowest BCUT2D eigenvalue weighted by Crippen LogP contribution is -2.14. The lowest BCUT2D eigenvalue weighted by Gasteiger charge is -2.08. The standard InChI is InChI=1S/C18H13FN4O2/c1-10(19)18(25)22-14-4-2-3-11(7-14)12-5-6-13-9-21-17(16(20)24)23-15(13)8-12/h2-9H,1H2,(H2,20,24)(H,22,25). The molecule has 0 aliphatic carbocycles. The number of carbonyl (C=O) groups excluding carboxylic acids is 2. The molecule has 124 valence electrons. The number of primary amides is 1. The van der Waals surface area contributed by atoms with Gasteiger partial charge in [0, 0.05) is 17.3 Å². The summed E-state index contributed by atoms with van der Waals surface area (Å²) in [6.07, 6.45) is 1.52. The minimum Gasteiger partial charge on any atom is -0.363 e. The molecule has 0 atom stereocenters. The number of carbonyl (C=O) groups is 2. The van der Waals surface area contributed by atoms with Crippen molar-refractivity contribution in [1.82, 2.24) is 9.97 Å². The SMILES string of the molecule is C=C(F)C(=O)Nc1cccc(-c2ccc3cnc(C(N)=O)nc3c2)c1. The average Bonchev–Trinajstić information content (AvgIpc) is 2.60.